The maximum atomic E-state index is 12.1. The second-order valence-electron chi connectivity index (χ2n) is 7.48. The summed E-state index contributed by atoms with van der Waals surface area (Å²) in [5.74, 6) is 0. The highest BCUT2D eigenvalue weighted by atomic mass is 32.1. The molecule has 1 aromatic heterocycles. The fourth-order valence-corrected chi connectivity index (χ4v) is 3.98. The zero-order chi connectivity index (χ0) is 20.1. The lowest BCUT2D eigenvalue weighted by molar-refractivity contribution is 0.303. The van der Waals surface area contributed by atoms with Crippen molar-refractivity contribution in [3.63, 3.8) is 0 Å². The Kier molecular flexibility index (Phi) is 6.65. The van der Waals surface area contributed by atoms with E-state index in [1.807, 2.05) is 44.6 Å². The third kappa shape index (κ3) is 4.88. The molecule has 3 rings (SSSR count). The lowest BCUT2D eigenvalue weighted by Gasteiger charge is -2.26. The predicted molar refractivity (Wildman–Crippen MR) is 119 cm³/mol. The quantitative estimate of drug-likeness (QED) is 0.515. The van der Waals surface area contributed by atoms with Crippen LogP contribution in [0.2, 0.25) is 0 Å². The molecule has 0 saturated heterocycles. The van der Waals surface area contributed by atoms with Crippen LogP contribution in [0, 0.1) is 0 Å². The molecule has 6 heteroatoms. The molecule has 0 aliphatic rings. The maximum Gasteiger partial charge on any atom is 0.253 e. The van der Waals surface area contributed by atoms with Gasteiger partial charge in [-0.25, -0.2) is 0 Å². The van der Waals surface area contributed by atoms with Crippen molar-refractivity contribution < 1.29 is 0 Å². The fraction of sp³-hybridized carbons (Fsp3) is 0.364. The normalized spacial score (nSPS) is 13.6. The highest BCUT2D eigenvalue weighted by Gasteiger charge is 2.23. The average Bonchev–Trinajstić information content (AvgIpc) is 3.19. The van der Waals surface area contributed by atoms with Gasteiger partial charge in [0.1, 0.15) is 11.4 Å². The van der Waals surface area contributed by atoms with E-state index >= 15 is 0 Å². The van der Waals surface area contributed by atoms with Gasteiger partial charge in [-0.15, -0.1) is 0 Å². The predicted octanol–water partition coefficient (Wildman–Crippen LogP) is 2.97. The standard InChI is InChI=1S/C22H27N3O2S/c1-15(11-17-9-10-28-14-17)24-20-19(21(26)22(20)27)23-13-18(25(2)3)12-16-7-5-4-6-8-16/h4-10,14-15,18,23-24H,11-13H2,1-3H3/t15-,18+/m0/s1. The Morgan fingerprint density at radius 3 is 2.32 bits per heavy atom. The first kappa shape index (κ1) is 20.3. The van der Waals surface area contributed by atoms with Crippen LogP contribution in [0.3, 0.4) is 0 Å². The van der Waals surface area contributed by atoms with E-state index in [1.165, 1.54) is 11.1 Å². The molecule has 0 unspecified atom stereocenters. The van der Waals surface area contributed by atoms with E-state index < -0.39 is 10.9 Å². The summed E-state index contributed by atoms with van der Waals surface area (Å²) in [6.07, 6.45) is 1.68. The van der Waals surface area contributed by atoms with Crippen LogP contribution in [0.15, 0.2) is 56.7 Å². The summed E-state index contributed by atoms with van der Waals surface area (Å²) in [5.41, 5.74) is 2.46. The molecule has 0 spiro atoms. The highest BCUT2D eigenvalue weighted by Crippen LogP contribution is 2.18. The van der Waals surface area contributed by atoms with Gasteiger partial charge in [-0.05, 0) is 61.8 Å². The summed E-state index contributed by atoms with van der Waals surface area (Å²) < 4.78 is 0. The van der Waals surface area contributed by atoms with Gasteiger partial charge in [-0.3, -0.25) is 9.59 Å². The smallest absolute Gasteiger partial charge is 0.253 e. The Morgan fingerprint density at radius 2 is 1.68 bits per heavy atom. The topological polar surface area (TPSA) is 61.4 Å². The van der Waals surface area contributed by atoms with Crippen LogP contribution < -0.4 is 21.5 Å². The largest absolute Gasteiger partial charge is 0.378 e. The summed E-state index contributed by atoms with van der Waals surface area (Å²) in [6.45, 7) is 2.62. The minimum absolute atomic E-state index is 0.0763. The molecule has 1 heterocycles. The second-order valence-corrected chi connectivity index (χ2v) is 8.26. The van der Waals surface area contributed by atoms with Crippen molar-refractivity contribution in [3.8, 4) is 0 Å². The monoisotopic (exact) mass is 397 g/mol. The average molecular weight is 398 g/mol. The molecular formula is C22H27N3O2S. The van der Waals surface area contributed by atoms with Gasteiger partial charge in [-0.2, -0.15) is 11.3 Å². The highest BCUT2D eigenvalue weighted by molar-refractivity contribution is 7.07. The summed E-state index contributed by atoms with van der Waals surface area (Å²) in [4.78, 5) is 26.3. The second kappa shape index (κ2) is 9.17. The lowest BCUT2D eigenvalue weighted by atomic mass is 10.0. The zero-order valence-corrected chi connectivity index (χ0v) is 17.4. The summed E-state index contributed by atoms with van der Waals surface area (Å²) in [6, 6.07) is 12.6. The van der Waals surface area contributed by atoms with E-state index in [1.54, 1.807) is 11.3 Å². The molecule has 2 N–H and O–H groups in total. The van der Waals surface area contributed by atoms with Crippen molar-refractivity contribution in [2.75, 3.05) is 31.3 Å². The third-order valence-electron chi connectivity index (χ3n) is 4.98. The molecule has 28 heavy (non-hydrogen) atoms. The van der Waals surface area contributed by atoms with Crippen molar-refractivity contribution in [1.82, 2.24) is 4.90 Å². The van der Waals surface area contributed by atoms with Gasteiger partial charge in [0.2, 0.25) is 0 Å². The minimum Gasteiger partial charge on any atom is -0.378 e. The Morgan fingerprint density at radius 1 is 0.964 bits per heavy atom. The molecule has 0 radical (unpaired) electrons. The van der Waals surface area contributed by atoms with Crippen molar-refractivity contribution in [2.45, 2.75) is 31.8 Å². The Balaban J connectivity index is 1.63. The summed E-state index contributed by atoms with van der Waals surface area (Å²) in [5, 5.41) is 10.6. The molecule has 0 saturated carbocycles. The fourth-order valence-electron chi connectivity index (χ4n) is 3.30. The summed E-state index contributed by atoms with van der Waals surface area (Å²) >= 11 is 1.66. The molecule has 0 aliphatic carbocycles. The first-order valence-electron chi connectivity index (χ1n) is 9.51. The number of thiophene rings is 1. The Hall–Kier alpha value is -2.44. The first-order chi connectivity index (χ1) is 13.5. The number of nitrogens with zero attached hydrogens (tertiary/aromatic N) is 1. The zero-order valence-electron chi connectivity index (χ0n) is 16.6. The molecule has 2 aromatic carbocycles. The number of likely N-dealkylation sites (N-methyl/N-ethyl adjacent to an activating group) is 1. The van der Waals surface area contributed by atoms with Crippen molar-refractivity contribution in [3.05, 3.63) is 78.7 Å². The van der Waals surface area contributed by atoms with Crippen LogP contribution in [0.1, 0.15) is 18.1 Å². The minimum atomic E-state index is -0.428. The van der Waals surface area contributed by atoms with Crippen LogP contribution in [-0.4, -0.2) is 37.6 Å². The van der Waals surface area contributed by atoms with Gasteiger partial charge in [0, 0.05) is 18.6 Å². The van der Waals surface area contributed by atoms with E-state index in [9.17, 15) is 9.59 Å². The third-order valence-corrected chi connectivity index (χ3v) is 5.71. The molecule has 0 fully saturated rings. The molecule has 3 aromatic rings. The van der Waals surface area contributed by atoms with E-state index in [0.29, 0.717) is 17.9 Å². The van der Waals surface area contributed by atoms with Gasteiger partial charge in [0.25, 0.3) is 10.9 Å². The Labute approximate surface area is 169 Å². The van der Waals surface area contributed by atoms with E-state index in [-0.39, 0.29) is 12.1 Å². The number of benzene rings is 1. The number of anilines is 2. The maximum absolute atomic E-state index is 12.1. The molecule has 0 bridgehead atoms. The van der Waals surface area contributed by atoms with Crippen LogP contribution in [-0.2, 0) is 12.8 Å². The van der Waals surface area contributed by atoms with Gasteiger partial charge < -0.3 is 15.5 Å². The molecule has 0 amide bonds. The molecule has 0 aliphatic heterocycles. The van der Waals surface area contributed by atoms with Crippen molar-refractivity contribution in [2.24, 2.45) is 0 Å². The van der Waals surface area contributed by atoms with Gasteiger partial charge in [0.15, 0.2) is 0 Å². The van der Waals surface area contributed by atoms with Crippen molar-refractivity contribution >= 4 is 22.7 Å². The molecular weight excluding hydrogens is 370 g/mol. The number of nitrogens with one attached hydrogen (secondary N) is 2. The lowest BCUT2D eigenvalue weighted by Crippen LogP contribution is -2.43. The van der Waals surface area contributed by atoms with E-state index in [2.05, 4.69) is 39.1 Å². The number of hydrogen-bond acceptors (Lipinski definition) is 6. The van der Waals surface area contributed by atoms with E-state index in [0.717, 1.165) is 12.8 Å². The molecule has 5 nitrogen and oxygen atoms in total. The van der Waals surface area contributed by atoms with Crippen LogP contribution in [0.25, 0.3) is 0 Å². The molecule has 148 valence electrons. The van der Waals surface area contributed by atoms with Gasteiger partial charge in [-0.1, -0.05) is 30.3 Å². The molecule has 2 atom stereocenters. The number of rotatable bonds is 10. The van der Waals surface area contributed by atoms with Crippen LogP contribution >= 0.6 is 11.3 Å². The SMILES string of the molecule is C[C@@H](Cc1ccsc1)Nc1c(NC[C@@H](Cc2ccccc2)N(C)C)c(=O)c1=O. The Bertz CT molecular complexity index is 944. The first-order valence-corrected chi connectivity index (χ1v) is 10.4. The number of hydrogen-bond donors (Lipinski definition) is 2. The van der Waals surface area contributed by atoms with Gasteiger partial charge in [0.05, 0.1) is 0 Å². The van der Waals surface area contributed by atoms with Crippen LogP contribution in [0.5, 0.6) is 0 Å². The van der Waals surface area contributed by atoms with Crippen LogP contribution in [0.4, 0.5) is 11.4 Å². The summed E-state index contributed by atoms with van der Waals surface area (Å²) in [7, 11) is 4.05. The van der Waals surface area contributed by atoms with Gasteiger partial charge >= 0.3 is 0 Å². The van der Waals surface area contributed by atoms with E-state index in [4.69, 9.17) is 0 Å². The van der Waals surface area contributed by atoms with Crippen molar-refractivity contribution in [1.29, 1.82) is 0 Å².